The molecule has 0 saturated carbocycles. The molecule has 2 heterocycles. The highest BCUT2D eigenvalue weighted by atomic mass is 16.5. The molecule has 0 saturated heterocycles. The third-order valence-electron chi connectivity index (χ3n) is 4.44. The van der Waals surface area contributed by atoms with E-state index in [9.17, 15) is 9.59 Å². The average Bonchev–Trinajstić information content (AvgIpc) is 2.91. The predicted molar refractivity (Wildman–Crippen MR) is 104 cm³/mol. The SMILES string of the molecule is Cc1nc2c(c(C)c1CC(=O)Nc1ccc(OCCN)cc1)c(=O)[nH]n2C. The van der Waals surface area contributed by atoms with Crippen LogP contribution in [0.25, 0.3) is 11.0 Å². The zero-order valence-corrected chi connectivity index (χ0v) is 15.6. The van der Waals surface area contributed by atoms with Crippen molar-refractivity contribution in [3.63, 3.8) is 0 Å². The number of ether oxygens (including phenoxy) is 1. The van der Waals surface area contributed by atoms with Gasteiger partial charge in [0.2, 0.25) is 5.91 Å². The molecule has 0 unspecified atom stereocenters. The van der Waals surface area contributed by atoms with Crippen LogP contribution in [0.4, 0.5) is 5.69 Å². The van der Waals surface area contributed by atoms with Crippen LogP contribution in [-0.4, -0.2) is 33.8 Å². The molecule has 1 aromatic carbocycles. The highest BCUT2D eigenvalue weighted by molar-refractivity contribution is 5.93. The van der Waals surface area contributed by atoms with E-state index in [-0.39, 0.29) is 17.9 Å². The lowest BCUT2D eigenvalue weighted by molar-refractivity contribution is -0.115. The van der Waals surface area contributed by atoms with Gasteiger partial charge in [0.05, 0.1) is 11.8 Å². The van der Waals surface area contributed by atoms with Gasteiger partial charge in [0.1, 0.15) is 12.4 Å². The lowest BCUT2D eigenvalue weighted by Crippen LogP contribution is -2.17. The van der Waals surface area contributed by atoms with Crippen LogP contribution in [0, 0.1) is 13.8 Å². The number of carbonyl (C=O) groups excluding carboxylic acids is 1. The minimum absolute atomic E-state index is 0.139. The van der Waals surface area contributed by atoms with Crippen LogP contribution < -0.4 is 21.3 Å². The summed E-state index contributed by atoms with van der Waals surface area (Å²) in [5.74, 6) is 0.522. The van der Waals surface area contributed by atoms with Gasteiger partial charge >= 0.3 is 0 Å². The van der Waals surface area contributed by atoms with Crippen LogP contribution in [0.5, 0.6) is 5.75 Å². The second kappa shape index (κ2) is 7.63. The smallest absolute Gasteiger partial charge is 0.273 e. The minimum Gasteiger partial charge on any atom is -0.492 e. The van der Waals surface area contributed by atoms with E-state index in [1.807, 2.05) is 13.8 Å². The van der Waals surface area contributed by atoms with E-state index in [0.29, 0.717) is 35.6 Å². The van der Waals surface area contributed by atoms with Gasteiger partial charge in [-0.3, -0.25) is 19.4 Å². The first-order valence-corrected chi connectivity index (χ1v) is 8.68. The van der Waals surface area contributed by atoms with Gasteiger partial charge in [0, 0.05) is 25.0 Å². The van der Waals surface area contributed by atoms with E-state index in [0.717, 1.165) is 16.8 Å². The number of nitrogens with one attached hydrogen (secondary N) is 2. The number of anilines is 1. The topological polar surface area (TPSA) is 115 Å². The Morgan fingerprint density at radius 2 is 2.00 bits per heavy atom. The summed E-state index contributed by atoms with van der Waals surface area (Å²) in [5.41, 5.74) is 8.74. The summed E-state index contributed by atoms with van der Waals surface area (Å²) >= 11 is 0. The molecule has 3 aromatic rings. The number of aryl methyl sites for hydroxylation is 3. The van der Waals surface area contributed by atoms with Crippen molar-refractivity contribution in [2.45, 2.75) is 20.3 Å². The second-order valence-electron chi connectivity index (χ2n) is 6.39. The molecular formula is C19H23N5O3. The van der Waals surface area contributed by atoms with Gasteiger partial charge in [-0.05, 0) is 49.2 Å². The number of carbonyl (C=O) groups is 1. The predicted octanol–water partition coefficient (Wildman–Crippen LogP) is 1.40. The Hall–Kier alpha value is -3.13. The van der Waals surface area contributed by atoms with Crippen LogP contribution in [0.15, 0.2) is 29.1 Å². The van der Waals surface area contributed by atoms with Crippen molar-refractivity contribution in [3.05, 3.63) is 51.4 Å². The number of nitrogens with two attached hydrogens (primary N) is 1. The molecule has 0 radical (unpaired) electrons. The van der Waals surface area contributed by atoms with Crippen molar-refractivity contribution < 1.29 is 9.53 Å². The number of nitrogens with zero attached hydrogens (tertiary/aromatic N) is 2. The zero-order chi connectivity index (χ0) is 19.6. The largest absolute Gasteiger partial charge is 0.492 e. The average molecular weight is 369 g/mol. The van der Waals surface area contributed by atoms with Gasteiger partial charge in [-0.2, -0.15) is 0 Å². The summed E-state index contributed by atoms with van der Waals surface area (Å²) in [5, 5.41) is 6.08. The monoisotopic (exact) mass is 369 g/mol. The summed E-state index contributed by atoms with van der Waals surface area (Å²) in [7, 11) is 1.74. The number of rotatable bonds is 6. The van der Waals surface area contributed by atoms with Crippen molar-refractivity contribution in [1.29, 1.82) is 0 Å². The Morgan fingerprint density at radius 3 is 2.67 bits per heavy atom. The van der Waals surface area contributed by atoms with Crippen molar-refractivity contribution in [3.8, 4) is 5.75 Å². The van der Waals surface area contributed by atoms with Gasteiger partial charge in [0.25, 0.3) is 5.56 Å². The maximum Gasteiger partial charge on any atom is 0.273 e. The molecule has 3 rings (SSSR count). The maximum atomic E-state index is 12.5. The molecule has 0 atom stereocenters. The van der Waals surface area contributed by atoms with Crippen LogP contribution in [-0.2, 0) is 18.3 Å². The summed E-state index contributed by atoms with van der Waals surface area (Å²) < 4.78 is 7.01. The number of hydrogen-bond donors (Lipinski definition) is 3. The number of fused-ring (bicyclic) bond motifs is 1. The summed E-state index contributed by atoms with van der Waals surface area (Å²) in [6.45, 7) is 4.58. The third-order valence-corrected chi connectivity index (χ3v) is 4.44. The first kappa shape index (κ1) is 18.7. The molecule has 27 heavy (non-hydrogen) atoms. The van der Waals surface area contributed by atoms with Gasteiger partial charge < -0.3 is 15.8 Å². The van der Waals surface area contributed by atoms with E-state index in [1.54, 1.807) is 36.0 Å². The Bertz CT molecular complexity index is 1030. The number of aromatic nitrogens is 3. The van der Waals surface area contributed by atoms with Crippen molar-refractivity contribution in [2.24, 2.45) is 12.8 Å². The standard InChI is InChI=1S/C19H23N5O3/c1-11-15(12(2)21-18-17(11)19(26)23-24(18)3)10-16(25)22-13-4-6-14(7-5-13)27-9-8-20/h4-7H,8-10,20H2,1-3H3,(H,22,25)(H,23,26). The Labute approximate surface area is 156 Å². The molecule has 1 amide bonds. The normalized spacial score (nSPS) is 11.0. The summed E-state index contributed by atoms with van der Waals surface area (Å²) in [6.07, 6.45) is 0.139. The van der Waals surface area contributed by atoms with Gasteiger partial charge in [-0.15, -0.1) is 0 Å². The van der Waals surface area contributed by atoms with E-state index < -0.39 is 0 Å². The Kier molecular flexibility index (Phi) is 5.27. The maximum absolute atomic E-state index is 12.5. The van der Waals surface area contributed by atoms with Crippen molar-refractivity contribution in [2.75, 3.05) is 18.5 Å². The molecule has 8 nitrogen and oxygen atoms in total. The fraction of sp³-hybridized carbons (Fsp3) is 0.316. The van der Waals surface area contributed by atoms with E-state index in [4.69, 9.17) is 10.5 Å². The highest BCUT2D eigenvalue weighted by Gasteiger charge is 2.17. The number of benzene rings is 1. The molecule has 4 N–H and O–H groups in total. The van der Waals surface area contributed by atoms with Gasteiger partial charge in [-0.1, -0.05) is 0 Å². The minimum atomic E-state index is -0.202. The molecule has 142 valence electrons. The fourth-order valence-corrected chi connectivity index (χ4v) is 3.09. The molecule has 0 bridgehead atoms. The first-order valence-electron chi connectivity index (χ1n) is 8.68. The molecule has 0 aliphatic carbocycles. The summed E-state index contributed by atoms with van der Waals surface area (Å²) in [6, 6.07) is 7.09. The van der Waals surface area contributed by atoms with Gasteiger partial charge in [-0.25, -0.2) is 4.98 Å². The number of aromatic amines is 1. The van der Waals surface area contributed by atoms with Crippen molar-refractivity contribution in [1.82, 2.24) is 14.8 Å². The lowest BCUT2D eigenvalue weighted by atomic mass is 10.0. The second-order valence-corrected chi connectivity index (χ2v) is 6.39. The summed E-state index contributed by atoms with van der Waals surface area (Å²) in [4.78, 5) is 29.1. The first-order chi connectivity index (χ1) is 12.9. The van der Waals surface area contributed by atoms with Crippen LogP contribution in [0.1, 0.15) is 16.8 Å². The molecule has 0 aliphatic heterocycles. The Morgan fingerprint density at radius 1 is 1.30 bits per heavy atom. The van der Waals surface area contributed by atoms with E-state index in [1.165, 1.54) is 0 Å². The zero-order valence-electron chi connectivity index (χ0n) is 15.6. The number of hydrogen-bond acceptors (Lipinski definition) is 5. The van der Waals surface area contributed by atoms with E-state index >= 15 is 0 Å². The molecule has 8 heteroatoms. The molecule has 0 fully saturated rings. The van der Waals surface area contributed by atoms with Crippen molar-refractivity contribution >= 4 is 22.6 Å². The van der Waals surface area contributed by atoms with Crippen LogP contribution in [0.2, 0.25) is 0 Å². The van der Waals surface area contributed by atoms with E-state index in [2.05, 4.69) is 15.4 Å². The quantitative estimate of drug-likeness (QED) is 0.607. The Balaban J connectivity index is 1.78. The van der Waals surface area contributed by atoms with Gasteiger partial charge in [0.15, 0.2) is 5.65 Å². The number of H-pyrrole nitrogens is 1. The van der Waals surface area contributed by atoms with Crippen LogP contribution >= 0.6 is 0 Å². The molecule has 0 spiro atoms. The molecular weight excluding hydrogens is 346 g/mol. The van der Waals surface area contributed by atoms with Crippen LogP contribution in [0.3, 0.4) is 0 Å². The molecule has 0 aliphatic rings. The third kappa shape index (κ3) is 3.85. The fourth-order valence-electron chi connectivity index (χ4n) is 3.09. The lowest BCUT2D eigenvalue weighted by Gasteiger charge is -2.11. The number of pyridine rings is 1. The number of amides is 1. The molecule has 2 aromatic heterocycles. The highest BCUT2D eigenvalue weighted by Crippen LogP contribution is 2.21.